The van der Waals surface area contributed by atoms with Gasteiger partial charge < -0.3 is 20.2 Å². The maximum absolute atomic E-state index is 11.9. The summed E-state index contributed by atoms with van der Waals surface area (Å²) in [5.41, 5.74) is 7.04. The van der Waals surface area contributed by atoms with Gasteiger partial charge in [0.15, 0.2) is 0 Å². The summed E-state index contributed by atoms with van der Waals surface area (Å²) in [6, 6.07) is 9.43. The van der Waals surface area contributed by atoms with Gasteiger partial charge in [0.05, 0.1) is 19.2 Å². The molecule has 0 fully saturated rings. The van der Waals surface area contributed by atoms with Crippen LogP contribution in [0.25, 0.3) is 0 Å². The third-order valence-electron chi connectivity index (χ3n) is 2.95. The first kappa shape index (κ1) is 17.1. The Labute approximate surface area is 129 Å². The quantitative estimate of drug-likeness (QED) is 0.857. The molecule has 0 saturated heterocycles. The van der Waals surface area contributed by atoms with Gasteiger partial charge in [-0.2, -0.15) is 0 Å². The molecule has 114 valence electrons. The molecule has 0 aliphatic carbocycles. The van der Waals surface area contributed by atoms with Gasteiger partial charge in [-0.1, -0.05) is 12.1 Å². The van der Waals surface area contributed by atoms with Crippen molar-refractivity contribution in [3.63, 3.8) is 0 Å². The number of furan rings is 1. The zero-order valence-corrected chi connectivity index (χ0v) is 12.6. The predicted octanol–water partition coefficient (Wildman–Crippen LogP) is 2.14. The summed E-state index contributed by atoms with van der Waals surface area (Å²) in [7, 11) is 1.63. The van der Waals surface area contributed by atoms with E-state index >= 15 is 0 Å². The van der Waals surface area contributed by atoms with Crippen LogP contribution in [0.5, 0.6) is 5.75 Å². The average molecular weight is 311 g/mol. The van der Waals surface area contributed by atoms with Crippen LogP contribution in [0.2, 0.25) is 0 Å². The predicted molar refractivity (Wildman–Crippen MR) is 82.9 cm³/mol. The molecule has 1 amide bonds. The highest BCUT2D eigenvalue weighted by atomic mass is 35.5. The van der Waals surface area contributed by atoms with Crippen molar-refractivity contribution in [2.75, 3.05) is 13.7 Å². The van der Waals surface area contributed by atoms with Gasteiger partial charge in [0.1, 0.15) is 17.8 Å². The summed E-state index contributed by atoms with van der Waals surface area (Å²) in [6.07, 6.45) is 2.16. The summed E-state index contributed by atoms with van der Waals surface area (Å²) in [6.45, 7) is 0.840. The molecule has 0 saturated carbocycles. The Morgan fingerprint density at radius 3 is 2.86 bits per heavy atom. The van der Waals surface area contributed by atoms with E-state index in [1.165, 1.54) is 6.26 Å². The van der Waals surface area contributed by atoms with Crippen LogP contribution in [0.3, 0.4) is 0 Å². The molecule has 21 heavy (non-hydrogen) atoms. The maximum atomic E-state index is 11.9. The fraction of sp³-hybridized carbons (Fsp3) is 0.267. The van der Waals surface area contributed by atoms with E-state index in [4.69, 9.17) is 14.9 Å². The van der Waals surface area contributed by atoms with Crippen LogP contribution in [0.15, 0.2) is 41.0 Å². The third kappa shape index (κ3) is 4.81. The van der Waals surface area contributed by atoms with E-state index < -0.39 is 0 Å². The SMILES string of the molecule is COc1cccc(CCNC(=O)c2coc(CN)c2)c1.Cl. The van der Waals surface area contributed by atoms with Crippen LogP contribution < -0.4 is 15.8 Å². The Bertz CT molecular complexity index is 584. The van der Waals surface area contributed by atoms with Crippen molar-refractivity contribution in [2.45, 2.75) is 13.0 Å². The van der Waals surface area contributed by atoms with Crippen LogP contribution in [-0.4, -0.2) is 19.6 Å². The van der Waals surface area contributed by atoms with Gasteiger partial charge in [-0.05, 0) is 30.2 Å². The summed E-state index contributed by atoms with van der Waals surface area (Å²) in [5.74, 6) is 1.26. The standard InChI is InChI=1S/C15H18N2O3.ClH/c1-19-13-4-2-3-11(7-13)5-6-17-15(18)12-8-14(9-16)20-10-12;/h2-4,7-8,10H,5-6,9,16H2,1H3,(H,17,18);1H. The van der Waals surface area contributed by atoms with Gasteiger partial charge in [0.2, 0.25) is 0 Å². The van der Waals surface area contributed by atoms with Crippen molar-refractivity contribution >= 4 is 18.3 Å². The van der Waals surface area contributed by atoms with Crippen molar-refractivity contribution in [2.24, 2.45) is 5.73 Å². The van der Waals surface area contributed by atoms with Crippen LogP contribution >= 0.6 is 12.4 Å². The number of ether oxygens (including phenoxy) is 1. The van der Waals surface area contributed by atoms with E-state index in [1.807, 2.05) is 24.3 Å². The number of carbonyl (C=O) groups is 1. The third-order valence-corrected chi connectivity index (χ3v) is 2.95. The number of nitrogens with one attached hydrogen (secondary N) is 1. The van der Waals surface area contributed by atoms with E-state index in [-0.39, 0.29) is 24.9 Å². The van der Waals surface area contributed by atoms with Crippen molar-refractivity contribution in [1.29, 1.82) is 0 Å². The van der Waals surface area contributed by atoms with Crippen molar-refractivity contribution in [3.05, 3.63) is 53.5 Å². The van der Waals surface area contributed by atoms with Crippen molar-refractivity contribution < 1.29 is 13.9 Å². The molecule has 0 atom stereocenters. The van der Waals surface area contributed by atoms with E-state index in [1.54, 1.807) is 13.2 Å². The normalized spacial score (nSPS) is 9.81. The molecular weight excluding hydrogens is 292 g/mol. The van der Waals surface area contributed by atoms with E-state index in [0.717, 1.165) is 17.7 Å². The number of hydrogen-bond donors (Lipinski definition) is 2. The molecule has 3 N–H and O–H groups in total. The summed E-state index contributed by atoms with van der Waals surface area (Å²) in [4.78, 5) is 11.9. The van der Waals surface area contributed by atoms with Crippen LogP contribution in [0.4, 0.5) is 0 Å². The second kappa shape index (κ2) is 8.34. The molecule has 1 aromatic heterocycles. The molecule has 2 aromatic rings. The molecule has 0 radical (unpaired) electrons. The number of hydrogen-bond acceptors (Lipinski definition) is 4. The highest BCUT2D eigenvalue weighted by Crippen LogP contribution is 2.12. The average Bonchev–Trinajstić information content (AvgIpc) is 2.96. The van der Waals surface area contributed by atoms with E-state index in [0.29, 0.717) is 17.9 Å². The first-order valence-corrected chi connectivity index (χ1v) is 6.41. The molecule has 1 heterocycles. The van der Waals surface area contributed by atoms with Crippen molar-refractivity contribution in [3.8, 4) is 5.75 Å². The zero-order chi connectivity index (χ0) is 14.4. The molecule has 0 aliphatic heterocycles. The van der Waals surface area contributed by atoms with Gasteiger partial charge in [-0.15, -0.1) is 12.4 Å². The van der Waals surface area contributed by atoms with E-state index in [9.17, 15) is 4.79 Å². The van der Waals surface area contributed by atoms with Gasteiger partial charge >= 0.3 is 0 Å². The molecule has 2 rings (SSSR count). The molecule has 1 aromatic carbocycles. The largest absolute Gasteiger partial charge is 0.497 e. The molecule has 6 heteroatoms. The lowest BCUT2D eigenvalue weighted by molar-refractivity contribution is 0.0953. The number of nitrogens with two attached hydrogens (primary N) is 1. The Hall–Kier alpha value is -1.98. The lowest BCUT2D eigenvalue weighted by atomic mass is 10.1. The summed E-state index contributed by atoms with van der Waals surface area (Å²) >= 11 is 0. The Kier molecular flexibility index (Phi) is 6.78. The fourth-order valence-electron chi connectivity index (χ4n) is 1.86. The number of carbonyl (C=O) groups excluding carboxylic acids is 1. The second-order valence-electron chi connectivity index (χ2n) is 4.36. The van der Waals surface area contributed by atoms with Gasteiger partial charge in [0, 0.05) is 6.54 Å². The number of rotatable bonds is 6. The summed E-state index contributed by atoms with van der Waals surface area (Å²) in [5, 5.41) is 2.84. The van der Waals surface area contributed by atoms with Gasteiger partial charge in [-0.25, -0.2) is 0 Å². The first-order chi connectivity index (χ1) is 9.72. The van der Waals surface area contributed by atoms with E-state index in [2.05, 4.69) is 5.32 Å². The van der Waals surface area contributed by atoms with Crippen LogP contribution in [-0.2, 0) is 13.0 Å². The molecule has 5 nitrogen and oxygen atoms in total. The lowest BCUT2D eigenvalue weighted by Gasteiger charge is -2.05. The monoisotopic (exact) mass is 310 g/mol. The molecular formula is C15H19ClN2O3. The summed E-state index contributed by atoms with van der Waals surface area (Å²) < 4.78 is 10.3. The van der Waals surface area contributed by atoms with Gasteiger partial charge in [-0.3, -0.25) is 4.79 Å². The first-order valence-electron chi connectivity index (χ1n) is 6.41. The van der Waals surface area contributed by atoms with Crippen LogP contribution in [0.1, 0.15) is 21.7 Å². The number of amides is 1. The van der Waals surface area contributed by atoms with Crippen LogP contribution in [0, 0.1) is 0 Å². The number of methoxy groups -OCH3 is 1. The van der Waals surface area contributed by atoms with Gasteiger partial charge in [0.25, 0.3) is 5.91 Å². The minimum Gasteiger partial charge on any atom is -0.497 e. The topological polar surface area (TPSA) is 77.5 Å². The Morgan fingerprint density at radius 2 is 2.19 bits per heavy atom. The fourth-order valence-corrected chi connectivity index (χ4v) is 1.86. The maximum Gasteiger partial charge on any atom is 0.254 e. The molecule has 0 aliphatic rings. The highest BCUT2D eigenvalue weighted by Gasteiger charge is 2.08. The molecule has 0 unspecified atom stereocenters. The Balaban J connectivity index is 0.00000220. The Morgan fingerprint density at radius 1 is 1.38 bits per heavy atom. The molecule has 0 spiro atoms. The second-order valence-corrected chi connectivity index (χ2v) is 4.36. The molecule has 0 bridgehead atoms. The lowest BCUT2D eigenvalue weighted by Crippen LogP contribution is -2.25. The smallest absolute Gasteiger partial charge is 0.254 e. The zero-order valence-electron chi connectivity index (χ0n) is 11.8. The minimum absolute atomic E-state index is 0. The number of halogens is 1. The number of benzene rings is 1. The minimum atomic E-state index is -0.156. The van der Waals surface area contributed by atoms with Crippen molar-refractivity contribution in [1.82, 2.24) is 5.32 Å². The highest BCUT2D eigenvalue weighted by molar-refractivity contribution is 5.93.